The molecule has 1 unspecified atom stereocenters. The van der Waals surface area contributed by atoms with Crippen molar-refractivity contribution >= 4 is 43.8 Å². The lowest BCUT2D eigenvalue weighted by molar-refractivity contribution is 0.598. The van der Waals surface area contributed by atoms with Crippen molar-refractivity contribution in [3.05, 3.63) is 6.20 Å². The molecule has 1 heterocycles. The molecule has 0 amide bonds. The summed E-state index contributed by atoms with van der Waals surface area (Å²) in [5, 5.41) is 2.91. The minimum atomic E-state index is -3.57. The molecule has 1 atom stereocenters. The van der Waals surface area contributed by atoms with Gasteiger partial charge in [-0.2, -0.15) is 0 Å². The highest BCUT2D eigenvalue weighted by Gasteiger charge is 2.23. The Morgan fingerprint density at radius 1 is 1.79 bits per heavy atom. The molecule has 0 radical (unpaired) electrons. The molecule has 1 rings (SSSR count). The summed E-state index contributed by atoms with van der Waals surface area (Å²) in [5.74, 6) is 0. The Labute approximate surface area is 90.7 Å². The van der Waals surface area contributed by atoms with Crippen LogP contribution in [0.2, 0.25) is 0 Å². The largest absolute Gasteiger partial charge is 0.392 e. The van der Waals surface area contributed by atoms with Gasteiger partial charge in [0.1, 0.15) is 10.3 Å². The van der Waals surface area contributed by atoms with Gasteiger partial charge in [0.25, 0.3) is 0 Å². The minimum absolute atomic E-state index is 0.0741. The average Bonchev–Trinajstić information content (AvgIpc) is 2.54. The van der Waals surface area contributed by atoms with E-state index in [1.54, 1.807) is 0 Å². The summed E-state index contributed by atoms with van der Waals surface area (Å²) in [7, 11) is -3.57. The number of nitrogens with zero attached hydrogens (tertiary/aromatic N) is 2. The van der Waals surface area contributed by atoms with Gasteiger partial charge in [-0.05, 0) is 6.92 Å². The summed E-state index contributed by atoms with van der Waals surface area (Å²) < 4.78 is 28.8. The van der Waals surface area contributed by atoms with Gasteiger partial charge in [-0.1, -0.05) is 16.7 Å². The summed E-state index contributed by atoms with van der Waals surface area (Å²) in [6.45, 7) is 1.42. The second-order valence-corrected chi connectivity index (χ2v) is 5.73. The molecule has 14 heavy (non-hydrogen) atoms. The van der Waals surface area contributed by atoms with E-state index in [4.69, 9.17) is 5.73 Å². The maximum absolute atomic E-state index is 11.5. The number of rotatable bonds is 4. The van der Waals surface area contributed by atoms with Gasteiger partial charge >= 0.3 is 0 Å². The fourth-order valence-electron chi connectivity index (χ4n) is 0.594. The zero-order chi connectivity index (χ0) is 10.8. The molecule has 3 N–H and O–H groups in total. The predicted molar refractivity (Wildman–Crippen MR) is 58.7 cm³/mol. The summed E-state index contributed by atoms with van der Waals surface area (Å²) in [6.07, 6.45) is 1.31. The Morgan fingerprint density at radius 2 is 2.43 bits per heavy atom. The van der Waals surface area contributed by atoms with Gasteiger partial charge in [-0.3, -0.25) is 4.72 Å². The second kappa shape index (κ2) is 4.15. The Bertz CT molecular complexity index is 412. The molecule has 0 saturated carbocycles. The van der Waals surface area contributed by atoms with Crippen molar-refractivity contribution < 1.29 is 8.42 Å². The Balaban J connectivity index is 2.83. The second-order valence-electron chi connectivity index (χ2n) is 2.47. The Morgan fingerprint density at radius 3 is 2.86 bits per heavy atom. The topological polar surface area (TPSA) is 98.0 Å². The number of aromatic nitrogens is 2. The first-order valence-corrected chi connectivity index (χ1v) is 6.24. The van der Waals surface area contributed by atoms with Gasteiger partial charge in [0.2, 0.25) is 10.0 Å². The van der Waals surface area contributed by atoms with Crippen LogP contribution in [0.25, 0.3) is 0 Å². The highest BCUT2D eigenvalue weighted by molar-refractivity contribution is 7.95. The van der Waals surface area contributed by atoms with Crippen molar-refractivity contribution in [1.29, 1.82) is 0 Å². The van der Waals surface area contributed by atoms with Crippen LogP contribution in [0.3, 0.4) is 0 Å². The minimum Gasteiger partial charge on any atom is -0.392 e. The lowest BCUT2D eigenvalue weighted by atomic mass is 10.5. The summed E-state index contributed by atoms with van der Waals surface area (Å²) >= 11 is 5.54. The molecule has 0 aromatic carbocycles. The van der Waals surface area contributed by atoms with Gasteiger partial charge in [0.05, 0.1) is 11.2 Å². The third-order valence-electron chi connectivity index (χ3n) is 1.47. The zero-order valence-electron chi connectivity index (χ0n) is 7.17. The molecule has 1 aromatic rings. The standard InChI is InChI=1S/C5H8N4O2S3/c1-3(5(6)12)14(10,11)8-4-2-7-9-13-4/h2-3,8H,1H3,(H2,6,12). The number of hydrogen-bond acceptors (Lipinski definition) is 6. The molecule has 9 heteroatoms. The van der Waals surface area contributed by atoms with Crippen LogP contribution in [-0.2, 0) is 10.0 Å². The number of thiocarbonyl (C=S) groups is 1. The normalized spacial score (nSPS) is 13.5. The van der Waals surface area contributed by atoms with Crippen LogP contribution in [0.15, 0.2) is 6.20 Å². The maximum Gasteiger partial charge on any atom is 0.242 e. The third-order valence-corrected chi connectivity index (χ3v) is 4.37. The van der Waals surface area contributed by atoms with Crippen molar-refractivity contribution in [2.24, 2.45) is 5.73 Å². The predicted octanol–water partition coefficient (Wildman–Crippen LogP) is -0.0456. The highest BCUT2D eigenvalue weighted by Crippen LogP contribution is 2.14. The van der Waals surface area contributed by atoms with E-state index in [0.717, 1.165) is 11.5 Å². The molecule has 0 aliphatic carbocycles. The Kier molecular flexibility index (Phi) is 3.34. The fourth-order valence-corrected chi connectivity index (χ4v) is 2.56. The zero-order valence-corrected chi connectivity index (χ0v) is 9.62. The number of nitrogens with one attached hydrogen (secondary N) is 1. The lowest BCUT2D eigenvalue weighted by Crippen LogP contribution is -2.35. The van der Waals surface area contributed by atoms with E-state index in [1.807, 2.05) is 0 Å². The van der Waals surface area contributed by atoms with E-state index < -0.39 is 15.3 Å². The third kappa shape index (κ3) is 2.59. The van der Waals surface area contributed by atoms with Gasteiger partial charge in [-0.25, -0.2) is 8.42 Å². The average molecular weight is 252 g/mol. The van der Waals surface area contributed by atoms with Crippen LogP contribution in [0.1, 0.15) is 6.92 Å². The summed E-state index contributed by atoms with van der Waals surface area (Å²) in [5.41, 5.74) is 5.24. The van der Waals surface area contributed by atoms with Crippen molar-refractivity contribution in [2.75, 3.05) is 4.72 Å². The van der Waals surface area contributed by atoms with Crippen LogP contribution < -0.4 is 10.5 Å². The van der Waals surface area contributed by atoms with Crippen LogP contribution in [0.4, 0.5) is 5.00 Å². The molecule has 1 aromatic heterocycles. The first kappa shape index (κ1) is 11.3. The van der Waals surface area contributed by atoms with E-state index in [-0.39, 0.29) is 4.99 Å². The molecule has 0 aliphatic heterocycles. The van der Waals surface area contributed by atoms with Gasteiger partial charge in [0.15, 0.2) is 0 Å². The lowest BCUT2D eigenvalue weighted by Gasteiger charge is -2.10. The van der Waals surface area contributed by atoms with Crippen molar-refractivity contribution in [3.63, 3.8) is 0 Å². The molecule has 0 aliphatic rings. The monoisotopic (exact) mass is 252 g/mol. The van der Waals surface area contributed by atoms with E-state index in [9.17, 15) is 8.42 Å². The van der Waals surface area contributed by atoms with Crippen LogP contribution in [-0.4, -0.2) is 28.2 Å². The fraction of sp³-hybridized carbons (Fsp3) is 0.400. The molecule has 0 spiro atoms. The van der Waals surface area contributed by atoms with Crippen LogP contribution in [0, 0.1) is 0 Å². The van der Waals surface area contributed by atoms with E-state index in [1.165, 1.54) is 13.1 Å². The smallest absolute Gasteiger partial charge is 0.242 e. The van der Waals surface area contributed by atoms with Gasteiger partial charge in [-0.15, -0.1) is 5.10 Å². The maximum atomic E-state index is 11.5. The number of sulfonamides is 1. The van der Waals surface area contributed by atoms with Gasteiger partial charge < -0.3 is 5.73 Å². The van der Waals surface area contributed by atoms with Crippen LogP contribution in [0.5, 0.6) is 0 Å². The first-order valence-electron chi connectivity index (χ1n) is 3.52. The summed E-state index contributed by atoms with van der Waals surface area (Å²) in [6, 6.07) is 0. The molecule has 6 nitrogen and oxygen atoms in total. The molecular formula is C5H8N4O2S3. The van der Waals surface area contributed by atoms with E-state index in [0.29, 0.717) is 5.00 Å². The quantitative estimate of drug-likeness (QED) is 0.729. The first-order chi connectivity index (χ1) is 6.43. The SMILES string of the molecule is CC(C(N)=S)S(=O)(=O)Nc1cnns1. The van der Waals surface area contributed by atoms with Crippen LogP contribution >= 0.6 is 23.8 Å². The van der Waals surface area contributed by atoms with Crippen molar-refractivity contribution in [3.8, 4) is 0 Å². The van der Waals surface area contributed by atoms with E-state index in [2.05, 4.69) is 26.5 Å². The van der Waals surface area contributed by atoms with E-state index >= 15 is 0 Å². The number of anilines is 1. The molecule has 78 valence electrons. The highest BCUT2D eigenvalue weighted by atomic mass is 32.2. The van der Waals surface area contributed by atoms with Crippen molar-refractivity contribution in [2.45, 2.75) is 12.2 Å². The summed E-state index contributed by atoms with van der Waals surface area (Å²) in [4.78, 5) is -0.0741. The molecule has 0 bridgehead atoms. The van der Waals surface area contributed by atoms with Crippen molar-refractivity contribution in [1.82, 2.24) is 9.59 Å². The molecule has 0 saturated heterocycles. The molecule has 0 fully saturated rings. The Hall–Kier alpha value is -0.800. The number of hydrogen-bond donors (Lipinski definition) is 2. The molecular weight excluding hydrogens is 244 g/mol. The number of nitrogens with two attached hydrogens (primary N) is 1. The van der Waals surface area contributed by atoms with Gasteiger partial charge in [0, 0.05) is 11.5 Å².